The van der Waals surface area contributed by atoms with Crippen LogP contribution in [0.2, 0.25) is 0 Å². The highest BCUT2D eigenvalue weighted by Gasteiger charge is 2.49. The molecule has 2 aromatic rings. The molecule has 2 heterocycles. The number of carboxylic acids is 1. The van der Waals surface area contributed by atoms with Crippen molar-refractivity contribution in [3.05, 3.63) is 53.9 Å². The van der Waals surface area contributed by atoms with Gasteiger partial charge in [-0.15, -0.1) is 0 Å². The number of aromatic nitrogens is 2. The summed E-state index contributed by atoms with van der Waals surface area (Å²) in [5.41, 5.74) is 0.822. The number of likely N-dealkylation sites (tertiary alicyclic amines) is 1. The lowest BCUT2D eigenvalue weighted by atomic mass is 9.73. The van der Waals surface area contributed by atoms with Gasteiger partial charge in [-0.05, 0) is 25.3 Å². The number of carboxylic acid groups (broad SMARTS) is 1. The van der Waals surface area contributed by atoms with E-state index in [0.717, 1.165) is 17.7 Å². The Kier molecular flexibility index (Phi) is 5.20. The lowest BCUT2D eigenvalue weighted by Crippen LogP contribution is -2.56. The molecule has 0 spiro atoms. The number of carbonyl (C=O) groups is 1. The summed E-state index contributed by atoms with van der Waals surface area (Å²) in [4.78, 5) is 14.2. The van der Waals surface area contributed by atoms with Crippen molar-refractivity contribution in [2.24, 2.45) is 5.41 Å². The molecule has 0 amide bonds. The molecule has 2 N–H and O–H groups in total. The van der Waals surface area contributed by atoms with E-state index in [1.807, 2.05) is 54.3 Å². The van der Waals surface area contributed by atoms with Crippen molar-refractivity contribution in [1.82, 2.24) is 14.7 Å². The molecule has 3 rings (SSSR count). The number of aryl methyl sites for hydroxylation is 1. The van der Waals surface area contributed by atoms with Gasteiger partial charge >= 0.3 is 5.97 Å². The minimum atomic E-state index is -1.18. The molecular weight excluding hydrogens is 318 g/mol. The van der Waals surface area contributed by atoms with E-state index in [2.05, 4.69) is 10.00 Å². The van der Waals surface area contributed by atoms with Gasteiger partial charge in [0.1, 0.15) is 5.41 Å². The van der Waals surface area contributed by atoms with Crippen molar-refractivity contribution in [2.45, 2.75) is 39.0 Å². The molecule has 0 saturated carbocycles. The second-order valence-corrected chi connectivity index (χ2v) is 6.84. The van der Waals surface area contributed by atoms with Crippen molar-refractivity contribution < 1.29 is 15.0 Å². The number of aliphatic hydroxyl groups is 1. The normalized spacial score (nSPS) is 24.3. The third-order valence-corrected chi connectivity index (χ3v) is 5.07. The fourth-order valence-electron chi connectivity index (χ4n) is 3.64. The standard InChI is InChI=1S/C19H25N3O3/c1-2-22-13-16(11-20-22)12-21-9-8-17(23)19(14-21,18(24)25)10-15-6-4-3-5-7-15/h3-7,11,13,17,23H,2,8-10,12,14H2,1H3,(H,24,25)/t17-,19+/m0/s1. The van der Waals surface area contributed by atoms with Crippen LogP contribution in [0.1, 0.15) is 24.5 Å². The molecular formula is C19H25N3O3. The Labute approximate surface area is 147 Å². The van der Waals surface area contributed by atoms with Crippen LogP contribution in [0.15, 0.2) is 42.7 Å². The Morgan fingerprint density at radius 2 is 2.08 bits per heavy atom. The Bertz CT molecular complexity index is 716. The summed E-state index contributed by atoms with van der Waals surface area (Å²) in [6.45, 7) is 4.50. The van der Waals surface area contributed by atoms with Crippen molar-refractivity contribution in [1.29, 1.82) is 0 Å². The number of piperidine rings is 1. The molecule has 0 bridgehead atoms. The molecule has 1 aromatic heterocycles. The topological polar surface area (TPSA) is 78.6 Å². The maximum Gasteiger partial charge on any atom is 0.313 e. The first-order chi connectivity index (χ1) is 12.0. The number of aliphatic carboxylic acids is 1. The quantitative estimate of drug-likeness (QED) is 0.836. The smallest absolute Gasteiger partial charge is 0.313 e. The van der Waals surface area contributed by atoms with Crippen LogP contribution < -0.4 is 0 Å². The van der Waals surface area contributed by atoms with Crippen LogP contribution >= 0.6 is 0 Å². The van der Waals surface area contributed by atoms with E-state index in [-0.39, 0.29) is 0 Å². The molecule has 1 saturated heterocycles. The lowest BCUT2D eigenvalue weighted by Gasteiger charge is -2.43. The number of hydrogen-bond donors (Lipinski definition) is 2. The fourth-order valence-corrected chi connectivity index (χ4v) is 3.64. The number of benzene rings is 1. The SMILES string of the molecule is CCn1cc(CN2CC[C@H](O)[C@](Cc3ccccc3)(C(=O)O)C2)cn1. The molecule has 1 aliphatic heterocycles. The molecule has 1 fully saturated rings. The summed E-state index contributed by atoms with van der Waals surface area (Å²) < 4.78 is 1.86. The highest BCUT2D eigenvalue weighted by atomic mass is 16.4. The molecule has 6 nitrogen and oxygen atoms in total. The molecule has 134 valence electrons. The Balaban J connectivity index is 1.79. The number of rotatable bonds is 6. The number of nitrogens with zero attached hydrogens (tertiary/aromatic N) is 3. The van der Waals surface area contributed by atoms with Crippen LogP contribution in [-0.4, -0.2) is 50.1 Å². The molecule has 6 heteroatoms. The molecule has 0 radical (unpaired) electrons. The third kappa shape index (κ3) is 3.75. The van der Waals surface area contributed by atoms with Crippen LogP contribution in [0.4, 0.5) is 0 Å². The molecule has 0 aliphatic carbocycles. The van der Waals surface area contributed by atoms with Crippen LogP contribution in [0.5, 0.6) is 0 Å². The lowest BCUT2D eigenvalue weighted by molar-refractivity contribution is -0.163. The first-order valence-corrected chi connectivity index (χ1v) is 8.72. The van der Waals surface area contributed by atoms with Gasteiger partial charge in [0, 0.05) is 37.9 Å². The summed E-state index contributed by atoms with van der Waals surface area (Å²) in [5.74, 6) is -0.933. The Morgan fingerprint density at radius 1 is 1.32 bits per heavy atom. The number of aliphatic hydroxyl groups excluding tert-OH is 1. The van der Waals surface area contributed by atoms with Gasteiger partial charge in [0.2, 0.25) is 0 Å². The molecule has 2 atom stereocenters. The van der Waals surface area contributed by atoms with Gasteiger partial charge in [0.15, 0.2) is 0 Å². The van der Waals surface area contributed by atoms with E-state index >= 15 is 0 Å². The van der Waals surface area contributed by atoms with Crippen LogP contribution in [0.25, 0.3) is 0 Å². The van der Waals surface area contributed by atoms with Gasteiger partial charge in [-0.2, -0.15) is 5.10 Å². The first-order valence-electron chi connectivity index (χ1n) is 8.72. The van der Waals surface area contributed by atoms with E-state index in [1.54, 1.807) is 0 Å². The maximum atomic E-state index is 12.1. The zero-order valence-electron chi connectivity index (χ0n) is 14.5. The van der Waals surface area contributed by atoms with E-state index in [0.29, 0.717) is 32.5 Å². The van der Waals surface area contributed by atoms with Gasteiger partial charge in [0.25, 0.3) is 0 Å². The summed E-state index contributed by atoms with van der Waals surface area (Å²) >= 11 is 0. The Morgan fingerprint density at radius 3 is 2.72 bits per heavy atom. The molecule has 1 aromatic carbocycles. The van der Waals surface area contributed by atoms with E-state index in [4.69, 9.17) is 0 Å². The first kappa shape index (κ1) is 17.6. The van der Waals surface area contributed by atoms with E-state index < -0.39 is 17.5 Å². The zero-order valence-corrected chi connectivity index (χ0v) is 14.5. The summed E-state index contributed by atoms with van der Waals surface area (Å²) in [5, 5.41) is 24.8. The van der Waals surface area contributed by atoms with Crippen LogP contribution in [0, 0.1) is 5.41 Å². The third-order valence-electron chi connectivity index (χ3n) is 5.07. The van der Waals surface area contributed by atoms with Crippen LogP contribution in [0.3, 0.4) is 0 Å². The highest BCUT2D eigenvalue weighted by molar-refractivity contribution is 5.76. The predicted molar refractivity (Wildman–Crippen MR) is 94.0 cm³/mol. The van der Waals surface area contributed by atoms with Crippen molar-refractivity contribution in [2.75, 3.05) is 13.1 Å². The second kappa shape index (κ2) is 7.37. The maximum absolute atomic E-state index is 12.1. The van der Waals surface area contributed by atoms with Gasteiger partial charge < -0.3 is 10.2 Å². The van der Waals surface area contributed by atoms with E-state index in [1.165, 1.54) is 0 Å². The van der Waals surface area contributed by atoms with Crippen molar-refractivity contribution in [3.8, 4) is 0 Å². The monoisotopic (exact) mass is 343 g/mol. The Hall–Kier alpha value is -2.18. The minimum Gasteiger partial charge on any atom is -0.481 e. The minimum absolute atomic E-state index is 0.328. The van der Waals surface area contributed by atoms with E-state index in [9.17, 15) is 15.0 Å². The second-order valence-electron chi connectivity index (χ2n) is 6.84. The fraction of sp³-hybridized carbons (Fsp3) is 0.474. The van der Waals surface area contributed by atoms with Gasteiger partial charge in [-0.1, -0.05) is 30.3 Å². The molecule has 0 unspecified atom stereocenters. The highest BCUT2D eigenvalue weighted by Crippen LogP contribution is 2.35. The largest absolute Gasteiger partial charge is 0.481 e. The van der Waals surface area contributed by atoms with Gasteiger partial charge in [-0.25, -0.2) is 0 Å². The molecule has 1 aliphatic rings. The summed E-state index contributed by atoms with van der Waals surface area (Å²) in [7, 11) is 0. The predicted octanol–water partition coefficient (Wildman–Crippen LogP) is 1.78. The van der Waals surface area contributed by atoms with Crippen LogP contribution in [-0.2, 0) is 24.3 Å². The van der Waals surface area contributed by atoms with Crippen molar-refractivity contribution >= 4 is 5.97 Å². The van der Waals surface area contributed by atoms with Crippen molar-refractivity contribution in [3.63, 3.8) is 0 Å². The molecule has 25 heavy (non-hydrogen) atoms. The summed E-state index contributed by atoms with van der Waals surface area (Å²) in [6, 6.07) is 9.54. The number of hydrogen-bond acceptors (Lipinski definition) is 4. The average Bonchev–Trinajstić information content (AvgIpc) is 3.06. The van der Waals surface area contributed by atoms with Gasteiger partial charge in [0.05, 0.1) is 12.3 Å². The zero-order chi connectivity index (χ0) is 17.9. The summed E-state index contributed by atoms with van der Waals surface area (Å²) in [6.07, 6.45) is 3.76. The van der Waals surface area contributed by atoms with Gasteiger partial charge in [-0.3, -0.25) is 14.4 Å². The average molecular weight is 343 g/mol.